The van der Waals surface area contributed by atoms with Crippen LogP contribution in [0.1, 0.15) is 25.3 Å². The fraction of sp³-hybridized carbons (Fsp3) is 0.292. The van der Waals surface area contributed by atoms with Crippen LogP contribution in [0, 0.1) is 6.92 Å². The molecule has 0 atom stereocenters. The van der Waals surface area contributed by atoms with Gasteiger partial charge in [0, 0.05) is 49.6 Å². The first-order valence-electron chi connectivity index (χ1n) is 11.0. The number of hydrogen-bond acceptors (Lipinski definition) is 6. The van der Waals surface area contributed by atoms with Gasteiger partial charge >= 0.3 is 6.01 Å². The monoisotopic (exact) mass is 481 g/mol. The van der Waals surface area contributed by atoms with E-state index in [2.05, 4.69) is 14.7 Å². The van der Waals surface area contributed by atoms with Crippen LogP contribution in [-0.2, 0) is 24.1 Å². The largest absolute Gasteiger partial charge is 0.422 e. The highest BCUT2D eigenvalue weighted by Gasteiger charge is 2.17. The Morgan fingerprint density at radius 2 is 1.85 bits per heavy atom. The van der Waals surface area contributed by atoms with E-state index in [0.29, 0.717) is 23.4 Å². The van der Waals surface area contributed by atoms with Gasteiger partial charge in [-0.25, -0.2) is 8.42 Å². The highest BCUT2D eigenvalue weighted by atomic mass is 32.2. The number of unbranched alkanes of at least 4 members (excludes halogenated alkanes) is 1. The molecule has 10 heteroatoms. The first kappa shape index (κ1) is 23.5. The number of aromatic nitrogens is 4. The normalized spacial score (nSPS) is 11.6. The average molecular weight is 482 g/mol. The van der Waals surface area contributed by atoms with Crippen molar-refractivity contribution in [2.75, 3.05) is 10.5 Å². The molecule has 178 valence electrons. The molecule has 9 nitrogen and oxygen atoms in total. The van der Waals surface area contributed by atoms with Crippen LogP contribution in [0.25, 0.3) is 22.2 Å². The number of aryl methyl sites for hydroxylation is 3. The minimum absolute atomic E-state index is 0.00338. The number of nitrogens with zero attached hydrogens (tertiary/aromatic N) is 4. The predicted molar refractivity (Wildman–Crippen MR) is 133 cm³/mol. The summed E-state index contributed by atoms with van der Waals surface area (Å²) in [5.41, 5.74) is 2.64. The molecule has 4 rings (SSSR count). The average Bonchev–Trinajstić information content (AvgIpc) is 3.16. The van der Waals surface area contributed by atoms with Crippen LogP contribution in [0.4, 0.5) is 5.82 Å². The summed E-state index contributed by atoms with van der Waals surface area (Å²) in [6.45, 7) is 3.85. The van der Waals surface area contributed by atoms with Gasteiger partial charge in [-0.3, -0.25) is 9.52 Å². The molecule has 0 amide bonds. The molecule has 0 aliphatic carbocycles. The minimum Gasteiger partial charge on any atom is -0.422 e. The van der Waals surface area contributed by atoms with Crippen molar-refractivity contribution in [1.29, 1.82) is 0 Å². The van der Waals surface area contributed by atoms with E-state index < -0.39 is 10.0 Å². The molecule has 0 saturated carbocycles. The Bertz CT molecular complexity index is 1520. The highest BCUT2D eigenvalue weighted by molar-refractivity contribution is 7.92. The number of benzene rings is 1. The molecular weight excluding hydrogens is 454 g/mol. The fourth-order valence-electron chi connectivity index (χ4n) is 3.63. The van der Waals surface area contributed by atoms with Crippen LogP contribution in [0.15, 0.2) is 53.6 Å². The molecule has 3 aromatic heterocycles. The van der Waals surface area contributed by atoms with E-state index in [4.69, 9.17) is 4.74 Å². The van der Waals surface area contributed by atoms with E-state index >= 15 is 0 Å². The first-order valence-corrected chi connectivity index (χ1v) is 12.6. The summed E-state index contributed by atoms with van der Waals surface area (Å²) >= 11 is 0. The number of rotatable bonds is 8. The van der Waals surface area contributed by atoms with Gasteiger partial charge in [-0.2, -0.15) is 9.97 Å². The third-order valence-corrected chi connectivity index (χ3v) is 6.84. The fourth-order valence-corrected chi connectivity index (χ4v) is 4.83. The lowest BCUT2D eigenvalue weighted by atomic mass is 10.1. The van der Waals surface area contributed by atoms with Gasteiger partial charge in [-0.05, 0) is 31.0 Å². The van der Waals surface area contributed by atoms with Gasteiger partial charge in [0.25, 0.3) is 0 Å². The third kappa shape index (κ3) is 4.96. The van der Waals surface area contributed by atoms with Crippen LogP contribution < -0.4 is 15.0 Å². The van der Waals surface area contributed by atoms with Crippen molar-refractivity contribution in [2.24, 2.45) is 14.1 Å². The van der Waals surface area contributed by atoms with Crippen molar-refractivity contribution in [3.63, 3.8) is 0 Å². The molecule has 0 spiro atoms. The molecule has 4 aromatic rings. The maximum Gasteiger partial charge on any atom is 0.324 e. The zero-order valence-electron chi connectivity index (χ0n) is 19.6. The molecule has 0 aliphatic rings. The quantitative estimate of drug-likeness (QED) is 0.408. The zero-order valence-corrected chi connectivity index (χ0v) is 20.4. The van der Waals surface area contributed by atoms with Gasteiger partial charge in [0.15, 0.2) is 5.75 Å². The maximum atomic E-state index is 12.6. The summed E-state index contributed by atoms with van der Waals surface area (Å²) < 4.78 is 37.2. The van der Waals surface area contributed by atoms with E-state index in [0.717, 1.165) is 22.9 Å². The van der Waals surface area contributed by atoms with Crippen LogP contribution in [0.5, 0.6) is 11.8 Å². The lowest BCUT2D eigenvalue weighted by Gasteiger charge is -2.14. The SMILES string of the molecule is CCCCS(=O)(=O)Nc1cc(-c2ccc(=O)n(C)c2)nc(Oc2c(C)ccc3ccn(C)c23)n1. The van der Waals surface area contributed by atoms with Crippen LogP contribution in [-0.4, -0.2) is 33.3 Å². The summed E-state index contributed by atoms with van der Waals surface area (Å²) in [4.78, 5) is 20.7. The van der Waals surface area contributed by atoms with Crippen LogP contribution in [0.2, 0.25) is 0 Å². The van der Waals surface area contributed by atoms with E-state index in [9.17, 15) is 13.2 Å². The number of fused-ring (bicyclic) bond motifs is 1. The molecule has 3 heterocycles. The zero-order chi connectivity index (χ0) is 24.5. The van der Waals surface area contributed by atoms with E-state index in [-0.39, 0.29) is 23.1 Å². The smallest absolute Gasteiger partial charge is 0.324 e. The summed E-state index contributed by atoms with van der Waals surface area (Å²) in [6, 6.07) is 10.5. The summed E-state index contributed by atoms with van der Waals surface area (Å²) in [5.74, 6) is 0.671. The lowest BCUT2D eigenvalue weighted by Crippen LogP contribution is -2.18. The van der Waals surface area contributed by atoms with Gasteiger partial charge in [0.2, 0.25) is 15.6 Å². The number of anilines is 1. The second-order valence-corrected chi connectivity index (χ2v) is 10.1. The summed E-state index contributed by atoms with van der Waals surface area (Å²) in [6.07, 6.45) is 4.85. The topological polar surface area (TPSA) is 108 Å². The van der Waals surface area contributed by atoms with Crippen molar-refractivity contribution in [1.82, 2.24) is 19.1 Å². The van der Waals surface area contributed by atoms with Gasteiger partial charge in [-0.15, -0.1) is 0 Å². The lowest BCUT2D eigenvalue weighted by molar-refractivity contribution is 0.443. The number of ether oxygens (including phenoxy) is 1. The molecular formula is C24H27N5O4S. The predicted octanol–water partition coefficient (Wildman–Crippen LogP) is 3.98. The molecule has 1 aromatic carbocycles. The Hall–Kier alpha value is -3.66. The van der Waals surface area contributed by atoms with Crippen molar-refractivity contribution >= 4 is 26.7 Å². The molecule has 0 saturated heterocycles. The van der Waals surface area contributed by atoms with Gasteiger partial charge < -0.3 is 13.9 Å². The van der Waals surface area contributed by atoms with E-state index in [1.165, 1.54) is 16.7 Å². The van der Waals surface area contributed by atoms with Gasteiger partial charge in [0.05, 0.1) is 17.0 Å². The molecule has 0 aliphatic heterocycles. The van der Waals surface area contributed by atoms with Crippen molar-refractivity contribution in [3.05, 3.63) is 64.7 Å². The van der Waals surface area contributed by atoms with Crippen LogP contribution in [0.3, 0.4) is 0 Å². The minimum atomic E-state index is -3.60. The maximum absolute atomic E-state index is 12.6. The molecule has 1 N–H and O–H groups in total. The second kappa shape index (κ2) is 9.30. The second-order valence-electron chi connectivity index (χ2n) is 8.24. The van der Waals surface area contributed by atoms with Crippen LogP contribution >= 0.6 is 0 Å². The number of pyridine rings is 1. The molecule has 0 radical (unpaired) electrons. The van der Waals surface area contributed by atoms with Gasteiger partial charge in [0.1, 0.15) is 5.82 Å². The number of nitrogens with one attached hydrogen (secondary N) is 1. The number of hydrogen-bond donors (Lipinski definition) is 1. The Labute approximate surface area is 198 Å². The van der Waals surface area contributed by atoms with Crippen molar-refractivity contribution in [2.45, 2.75) is 26.7 Å². The van der Waals surface area contributed by atoms with E-state index in [1.54, 1.807) is 19.3 Å². The van der Waals surface area contributed by atoms with Crippen molar-refractivity contribution in [3.8, 4) is 23.0 Å². The van der Waals surface area contributed by atoms with Crippen molar-refractivity contribution < 1.29 is 13.2 Å². The molecule has 34 heavy (non-hydrogen) atoms. The Morgan fingerprint density at radius 1 is 1.06 bits per heavy atom. The standard InChI is InChI=1S/C24H27N5O4S/c1-5-6-13-34(31,32)27-20-14-19(18-9-10-21(30)29(4)15-18)25-24(26-20)33-23-16(2)7-8-17-11-12-28(3)22(17)23/h7-12,14-15H,5-6,13H2,1-4H3,(H,25,26,27). The Morgan fingerprint density at radius 3 is 2.59 bits per heavy atom. The molecule has 0 unspecified atom stereocenters. The third-order valence-electron chi connectivity index (χ3n) is 5.50. The first-order chi connectivity index (χ1) is 16.2. The van der Waals surface area contributed by atoms with E-state index in [1.807, 2.05) is 49.9 Å². The Kier molecular flexibility index (Phi) is 6.43. The Balaban J connectivity index is 1.82. The van der Waals surface area contributed by atoms with Gasteiger partial charge in [-0.1, -0.05) is 25.5 Å². The molecule has 0 fully saturated rings. The highest BCUT2D eigenvalue weighted by Crippen LogP contribution is 2.33. The number of sulfonamides is 1. The molecule has 0 bridgehead atoms. The summed E-state index contributed by atoms with van der Waals surface area (Å²) in [7, 11) is -0.0385. The summed E-state index contributed by atoms with van der Waals surface area (Å²) in [5, 5.41) is 0.998.